The monoisotopic (exact) mass is 527 g/mol. The lowest BCUT2D eigenvalue weighted by molar-refractivity contribution is 0.0980. The Bertz CT molecular complexity index is 1550. The van der Waals surface area contributed by atoms with Crippen LogP contribution in [0.3, 0.4) is 0 Å². The molecule has 1 N–H and O–H groups in total. The number of methoxy groups -OCH3 is 1. The number of hydrogen-bond acceptors (Lipinski definition) is 6. The van der Waals surface area contributed by atoms with Crippen molar-refractivity contribution in [2.24, 2.45) is 0 Å². The summed E-state index contributed by atoms with van der Waals surface area (Å²) in [5.74, 6) is 0.645. The second kappa shape index (κ2) is 10.5. The first-order valence-corrected chi connectivity index (χ1v) is 14.4. The van der Waals surface area contributed by atoms with Crippen molar-refractivity contribution < 1.29 is 9.53 Å². The summed E-state index contributed by atoms with van der Waals surface area (Å²) in [6.07, 6.45) is 12.1. The van der Waals surface area contributed by atoms with Gasteiger partial charge in [-0.05, 0) is 73.9 Å². The number of carbonyl (C=O) groups excluding carboxylic acids is 1. The van der Waals surface area contributed by atoms with Crippen molar-refractivity contribution in [3.8, 4) is 16.2 Å². The molecule has 2 aliphatic rings. The maximum atomic E-state index is 13.4. The molecule has 2 aliphatic carbocycles. The molecule has 6 rings (SSSR count). The molecule has 196 valence electrons. The van der Waals surface area contributed by atoms with Gasteiger partial charge in [-0.2, -0.15) is 0 Å². The van der Waals surface area contributed by atoms with Gasteiger partial charge < -0.3 is 14.6 Å². The molecule has 0 aliphatic heterocycles. The zero-order chi connectivity index (χ0) is 26.2. The number of fused-ring (bicyclic) bond motifs is 2. The van der Waals surface area contributed by atoms with Gasteiger partial charge in [0.25, 0.3) is 0 Å². The van der Waals surface area contributed by atoms with Crippen LogP contribution in [0.2, 0.25) is 0 Å². The summed E-state index contributed by atoms with van der Waals surface area (Å²) in [4.78, 5) is 33.0. The highest BCUT2D eigenvalue weighted by Crippen LogP contribution is 2.46. The van der Waals surface area contributed by atoms with E-state index in [-0.39, 0.29) is 11.2 Å². The number of carbonyl (C=O) groups is 1. The van der Waals surface area contributed by atoms with Crippen molar-refractivity contribution in [3.63, 3.8) is 0 Å². The SMILES string of the molecule is CCCC(=O)c1cn(C2CC2)c2c(OC)c(-c3cc4c(s3)CCCC4NCc3cccnc3)ccc2c1=O. The summed E-state index contributed by atoms with van der Waals surface area (Å²) < 4.78 is 8.17. The van der Waals surface area contributed by atoms with E-state index in [9.17, 15) is 9.59 Å². The van der Waals surface area contributed by atoms with Crippen LogP contribution in [0, 0.1) is 0 Å². The number of hydrogen-bond donors (Lipinski definition) is 1. The van der Waals surface area contributed by atoms with Gasteiger partial charge >= 0.3 is 0 Å². The van der Waals surface area contributed by atoms with E-state index >= 15 is 0 Å². The number of pyridine rings is 2. The number of Topliss-reactive ketones (excluding diaryl/α,β-unsaturated/α-hetero) is 1. The topological polar surface area (TPSA) is 73.2 Å². The molecule has 3 aromatic heterocycles. The Balaban J connectivity index is 1.42. The van der Waals surface area contributed by atoms with Gasteiger partial charge in [0.2, 0.25) is 0 Å². The highest BCUT2D eigenvalue weighted by Gasteiger charge is 2.30. The molecule has 38 heavy (non-hydrogen) atoms. The lowest BCUT2D eigenvalue weighted by atomic mass is 9.93. The third-order valence-corrected chi connectivity index (χ3v) is 8.97. The minimum absolute atomic E-state index is 0.0763. The van der Waals surface area contributed by atoms with Gasteiger partial charge in [-0.15, -0.1) is 11.3 Å². The largest absolute Gasteiger partial charge is 0.494 e. The maximum absolute atomic E-state index is 13.4. The molecule has 6 nitrogen and oxygen atoms in total. The molecule has 1 saturated carbocycles. The first-order valence-electron chi connectivity index (χ1n) is 13.6. The van der Waals surface area contributed by atoms with Crippen LogP contribution < -0.4 is 15.5 Å². The van der Waals surface area contributed by atoms with Crippen molar-refractivity contribution in [3.05, 3.63) is 80.7 Å². The molecule has 1 aromatic carbocycles. The van der Waals surface area contributed by atoms with E-state index in [0.717, 1.165) is 66.8 Å². The standard InChI is InChI=1S/C31H33N3O3S/c1-3-6-26(35)24-18-34(20-10-11-20)29-22(30(24)36)13-12-21(31(29)37-2)28-15-23-25(8-4-9-27(23)38-28)33-17-19-7-5-14-32-16-19/h5,7,12-16,18,20,25,33H,3-4,6,8-11,17H2,1-2H3. The average molecular weight is 528 g/mol. The Labute approximate surface area is 226 Å². The van der Waals surface area contributed by atoms with Gasteiger partial charge in [0, 0.05) is 59.0 Å². The summed E-state index contributed by atoms with van der Waals surface area (Å²) >= 11 is 1.83. The Kier molecular flexibility index (Phi) is 6.89. The molecule has 1 unspecified atom stereocenters. The van der Waals surface area contributed by atoms with Gasteiger partial charge in [0.05, 0.1) is 23.6 Å². The molecule has 1 atom stereocenters. The molecule has 0 spiro atoms. The number of aryl methyl sites for hydroxylation is 1. The number of ketones is 1. The number of nitrogens with zero attached hydrogens (tertiary/aromatic N) is 2. The lowest BCUT2D eigenvalue weighted by Gasteiger charge is -2.23. The van der Waals surface area contributed by atoms with E-state index in [0.29, 0.717) is 29.5 Å². The number of thiophene rings is 1. The van der Waals surface area contributed by atoms with Gasteiger partial charge in [-0.25, -0.2) is 0 Å². The summed E-state index contributed by atoms with van der Waals surface area (Å²) in [5, 5.41) is 4.31. The fourth-order valence-corrected chi connectivity index (χ4v) is 6.95. The highest BCUT2D eigenvalue weighted by atomic mass is 32.1. The predicted molar refractivity (Wildman–Crippen MR) is 152 cm³/mol. The maximum Gasteiger partial charge on any atom is 0.200 e. The molecule has 1 fully saturated rings. The van der Waals surface area contributed by atoms with E-state index in [1.807, 2.05) is 42.7 Å². The van der Waals surface area contributed by atoms with Crippen LogP contribution in [0.25, 0.3) is 21.3 Å². The van der Waals surface area contributed by atoms with E-state index < -0.39 is 0 Å². The van der Waals surface area contributed by atoms with E-state index in [1.54, 1.807) is 19.5 Å². The zero-order valence-electron chi connectivity index (χ0n) is 22.0. The minimum Gasteiger partial charge on any atom is -0.494 e. The first-order chi connectivity index (χ1) is 18.6. The van der Waals surface area contributed by atoms with Crippen LogP contribution >= 0.6 is 11.3 Å². The van der Waals surface area contributed by atoms with Crippen molar-refractivity contribution in [2.45, 2.75) is 70.5 Å². The highest BCUT2D eigenvalue weighted by molar-refractivity contribution is 7.15. The lowest BCUT2D eigenvalue weighted by Crippen LogP contribution is -2.23. The number of rotatable bonds is 9. The summed E-state index contributed by atoms with van der Waals surface area (Å²) in [7, 11) is 1.68. The Morgan fingerprint density at radius 2 is 2.11 bits per heavy atom. The van der Waals surface area contributed by atoms with Gasteiger partial charge in [-0.3, -0.25) is 14.6 Å². The summed E-state index contributed by atoms with van der Waals surface area (Å²) in [5.41, 5.74) is 4.47. The number of ether oxygens (including phenoxy) is 1. The smallest absolute Gasteiger partial charge is 0.200 e. The normalized spacial score (nSPS) is 16.9. The minimum atomic E-state index is -0.190. The summed E-state index contributed by atoms with van der Waals surface area (Å²) in [6, 6.07) is 10.9. The van der Waals surface area contributed by atoms with Gasteiger partial charge in [-0.1, -0.05) is 13.0 Å². The van der Waals surface area contributed by atoms with E-state index in [2.05, 4.69) is 27.0 Å². The van der Waals surface area contributed by atoms with Crippen LogP contribution in [0.5, 0.6) is 5.75 Å². The number of aromatic nitrogens is 2. The third-order valence-electron chi connectivity index (χ3n) is 7.72. The van der Waals surface area contributed by atoms with Crippen molar-refractivity contribution >= 4 is 28.0 Å². The second-order valence-corrected chi connectivity index (χ2v) is 11.5. The summed E-state index contributed by atoms with van der Waals surface area (Å²) in [6.45, 7) is 2.75. The first kappa shape index (κ1) is 25.0. The van der Waals surface area contributed by atoms with Crippen LogP contribution in [0.15, 0.2) is 53.7 Å². The van der Waals surface area contributed by atoms with Gasteiger partial charge in [0.15, 0.2) is 17.0 Å². The second-order valence-electron chi connectivity index (χ2n) is 10.4. The molecule has 0 saturated heterocycles. The van der Waals surface area contributed by atoms with Crippen molar-refractivity contribution in [1.29, 1.82) is 0 Å². The fourth-order valence-electron chi connectivity index (χ4n) is 5.66. The predicted octanol–water partition coefficient (Wildman–Crippen LogP) is 6.62. The quantitative estimate of drug-likeness (QED) is 0.248. The number of benzene rings is 1. The Morgan fingerprint density at radius 3 is 2.84 bits per heavy atom. The molecule has 4 aromatic rings. The third kappa shape index (κ3) is 4.58. The van der Waals surface area contributed by atoms with E-state index in [4.69, 9.17) is 4.74 Å². The molecular formula is C31H33N3O3S. The Hall–Kier alpha value is -3.29. The molecule has 0 radical (unpaired) electrons. The van der Waals surface area contributed by atoms with Crippen LogP contribution in [0.4, 0.5) is 0 Å². The molecule has 7 heteroatoms. The molecule has 3 heterocycles. The van der Waals surface area contributed by atoms with Crippen molar-refractivity contribution in [2.75, 3.05) is 7.11 Å². The molecule has 0 bridgehead atoms. The van der Waals surface area contributed by atoms with E-state index in [1.165, 1.54) is 16.0 Å². The fraction of sp³-hybridized carbons (Fsp3) is 0.387. The average Bonchev–Trinajstić information content (AvgIpc) is 3.69. The van der Waals surface area contributed by atoms with Crippen LogP contribution in [0.1, 0.15) is 83.9 Å². The molecule has 0 amide bonds. The Morgan fingerprint density at radius 1 is 1.24 bits per heavy atom. The van der Waals surface area contributed by atoms with Crippen molar-refractivity contribution in [1.82, 2.24) is 14.9 Å². The zero-order valence-corrected chi connectivity index (χ0v) is 22.8. The van der Waals surface area contributed by atoms with Crippen LogP contribution in [-0.2, 0) is 13.0 Å². The van der Waals surface area contributed by atoms with Crippen LogP contribution in [-0.4, -0.2) is 22.4 Å². The molecular weight excluding hydrogens is 494 g/mol. The van der Waals surface area contributed by atoms with Gasteiger partial charge in [0.1, 0.15) is 0 Å². The number of nitrogens with one attached hydrogen (secondary N) is 1.